The Bertz CT molecular complexity index is 1330. The van der Waals surface area contributed by atoms with Crippen LogP contribution in [0.25, 0.3) is 0 Å². The highest BCUT2D eigenvalue weighted by molar-refractivity contribution is 5.91. The summed E-state index contributed by atoms with van der Waals surface area (Å²) in [5.41, 5.74) is 2.96. The molecule has 2 aromatic carbocycles. The number of nitrogens with zero attached hydrogens (tertiary/aromatic N) is 2. The van der Waals surface area contributed by atoms with Crippen molar-refractivity contribution in [1.29, 1.82) is 0 Å². The summed E-state index contributed by atoms with van der Waals surface area (Å²) >= 11 is 0. The number of carbonyl (C=O) groups excluding carboxylic acids is 2. The van der Waals surface area contributed by atoms with Crippen molar-refractivity contribution in [3.05, 3.63) is 82.8 Å². The van der Waals surface area contributed by atoms with E-state index in [0.29, 0.717) is 18.8 Å². The van der Waals surface area contributed by atoms with Crippen LogP contribution in [0.5, 0.6) is 5.75 Å². The lowest BCUT2D eigenvalue weighted by Crippen LogP contribution is -2.41. The number of carbonyl (C=O) groups is 2. The summed E-state index contributed by atoms with van der Waals surface area (Å²) in [6.45, 7) is 1.80. The third-order valence-corrected chi connectivity index (χ3v) is 7.38. The van der Waals surface area contributed by atoms with E-state index in [2.05, 4.69) is 10.3 Å². The normalized spacial score (nSPS) is 20.7. The number of ether oxygens (including phenoxy) is 2. The lowest BCUT2D eigenvalue weighted by molar-refractivity contribution is -0.134. The minimum atomic E-state index is -0.382. The van der Waals surface area contributed by atoms with Gasteiger partial charge in [0.15, 0.2) is 12.3 Å². The van der Waals surface area contributed by atoms with Crippen LogP contribution in [-0.4, -0.2) is 47.5 Å². The summed E-state index contributed by atoms with van der Waals surface area (Å²) in [5.74, 6) is 0.393. The number of hydrogen-bond acceptors (Lipinski definition) is 6. The number of oxazole rings is 1. The Morgan fingerprint density at radius 1 is 1.16 bits per heavy atom. The van der Waals surface area contributed by atoms with Crippen molar-refractivity contribution >= 4 is 11.8 Å². The molecule has 9 heteroatoms. The van der Waals surface area contributed by atoms with Gasteiger partial charge in [0.05, 0.1) is 12.1 Å². The van der Waals surface area contributed by atoms with E-state index in [1.807, 2.05) is 29.2 Å². The molecule has 8 nitrogen and oxygen atoms in total. The maximum absolute atomic E-state index is 14.2. The van der Waals surface area contributed by atoms with E-state index >= 15 is 0 Å². The van der Waals surface area contributed by atoms with Crippen molar-refractivity contribution in [2.24, 2.45) is 5.92 Å². The van der Waals surface area contributed by atoms with Gasteiger partial charge in [-0.05, 0) is 73.1 Å². The lowest BCUT2D eigenvalue weighted by Gasteiger charge is -2.38. The van der Waals surface area contributed by atoms with Gasteiger partial charge in [0.1, 0.15) is 17.8 Å². The van der Waals surface area contributed by atoms with Gasteiger partial charge in [0.2, 0.25) is 11.8 Å². The summed E-state index contributed by atoms with van der Waals surface area (Å²) < 4.78 is 31.1. The molecule has 2 amide bonds. The lowest BCUT2D eigenvalue weighted by atomic mass is 9.87. The second-order valence-electron chi connectivity index (χ2n) is 10.1. The highest BCUT2D eigenvalue weighted by Gasteiger charge is 2.39. The Hall–Kier alpha value is -3.72. The Morgan fingerprint density at radius 3 is 2.84 bits per heavy atom. The monoisotopic (exact) mass is 519 g/mol. The molecule has 3 aromatic rings. The molecule has 3 aliphatic rings. The number of fused-ring (bicyclic) bond motifs is 1. The molecular formula is C29H30FN3O5. The van der Waals surface area contributed by atoms with Crippen molar-refractivity contribution < 1.29 is 27.9 Å². The van der Waals surface area contributed by atoms with Crippen LogP contribution >= 0.6 is 0 Å². The van der Waals surface area contributed by atoms with E-state index in [1.165, 1.54) is 18.4 Å². The van der Waals surface area contributed by atoms with Gasteiger partial charge < -0.3 is 24.1 Å². The number of halogens is 1. The van der Waals surface area contributed by atoms with Gasteiger partial charge in [0, 0.05) is 25.6 Å². The van der Waals surface area contributed by atoms with Gasteiger partial charge in [-0.1, -0.05) is 18.2 Å². The molecule has 0 spiro atoms. The number of hydrogen-bond donors (Lipinski definition) is 1. The van der Waals surface area contributed by atoms with E-state index in [-0.39, 0.29) is 53.9 Å². The molecular weight excluding hydrogens is 489 g/mol. The summed E-state index contributed by atoms with van der Waals surface area (Å²) in [7, 11) is 0. The molecule has 1 saturated heterocycles. The van der Waals surface area contributed by atoms with Crippen LogP contribution in [0, 0.1) is 11.7 Å². The average molecular weight is 520 g/mol. The van der Waals surface area contributed by atoms with Gasteiger partial charge in [-0.25, -0.2) is 9.37 Å². The molecule has 0 bridgehead atoms. The first-order chi connectivity index (χ1) is 18.5. The topological polar surface area (TPSA) is 93.9 Å². The van der Waals surface area contributed by atoms with Gasteiger partial charge in [0.25, 0.3) is 5.91 Å². The second kappa shape index (κ2) is 10.6. The van der Waals surface area contributed by atoms with Gasteiger partial charge in [-0.15, -0.1) is 0 Å². The van der Waals surface area contributed by atoms with E-state index in [4.69, 9.17) is 13.9 Å². The molecule has 3 heterocycles. The SMILES string of the molecule is O=C(NC[C@H]1CCCO1)c1coc(COc2ccc3c(c2)[C@H](c2cccc(F)c2)N(C(=O)C2CC2)CC3)n1. The molecule has 0 unspecified atom stereocenters. The Kier molecular flexibility index (Phi) is 6.84. The third-order valence-electron chi connectivity index (χ3n) is 7.38. The van der Waals surface area contributed by atoms with Crippen molar-refractivity contribution in [2.45, 2.75) is 50.9 Å². The smallest absolute Gasteiger partial charge is 0.273 e. The molecule has 1 aromatic heterocycles. The molecule has 38 heavy (non-hydrogen) atoms. The first-order valence-corrected chi connectivity index (χ1v) is 13.2. The number of aromatic nitrogens is 1. The van der Waals surface area contributed by atoms with E-state index < -0.39 is 0 Å². The standard InChI is InChI=1S/C29H30FN3O5/c30-21-4-1-3-20(13-21)27-24-14-22(9-8-18(24)10-11-33(27)29(35)19-6-7-19)37-17-26-32-25(16-38-26)28(34)31-15-23-5-2-12-36-23/h1,3-4,8-9,13-14,16,19,23,27H,2,5-7,10-12,15,17H2,(H,31,34)/t23-,27+/m1/s1. The Morgan fingerprint density at radius 2 is 2.05 bits per heavy atom. The first kappa shape index (κ1) is 24.6. The van der Waals surface area contributed by atoms with Crippen LogP contribution in [0.2, 0.25) is 0 Å². The zero-order valence-corrected chi connectivity index (χ0v) is 21.0. The highest BCUT2D eigenvalue weighted by Crippen LogP contribution is 2.41. The van der Waals surface area contributed by atoms with Crippen LogP contribution in [-0.2, 0) is 22.6 Å². The zero-order valence-electron chi connectivity index (χ0n) is 21.0. The quantitative estimate of drug-likeness (QED) is 0.480. The van der Waals surface area contributed by atoms with Crippen LogP contribution < -0.4 is 10.1 Å². The molecule has 1 aliphatic carbocycles. The van der Waals surface area contributed by atoms with Gasteiger partial charge in [-0.2, -0.15) is 0 Å². The number of nitrogens with one attached hydrogen (secondary N) is 1. The van der Waals surface area contributed by atoms with Crippen LogP contribution in [0.3, 0.4) is 0 Å². The fourth-order valence-electron chi connectivity index (χ4n) is 5.25. The van der Waals surface area contributed by atoms with E-state index in [0.717, 1.165) is 55.4 Å². The molecule has 1 saturated carbocycles. The zero-order chi connectivity index (χ0) is 26.1. The summed E-state index contributed by atoms with van der Waals surface area (Å²) in [6.07, 6.45) is 5.85. The molecule has 2 fully saturated rings. The third kappa shape index (κ3) is 5.29. The van der Waals surface area contributed by atoms with E-state index in [1.54, 1.807) is 6.07 Å². The number of rotatable bonds is 8. The maximum Gasteiger partial charge on any atom is 0.273 e. The van der Waals surface area contributed by atoms with E-state index in [9.17, 15) is 14.0 Å². The summed E-state index contributed by atoms with van der Waals surface area (Å²) in [4.78, 5) is 31.7. The van der Waals surface area contributed by atoms with Crippen LogP contribution in [0.4, 0.5) is 4.39 Å². The number of benzene rings is 2. The van der Waals surface area contributed by atoms with Crippen molar-refractivity contribution in [3.63, 3.8) is 0 Å². The molecule has 2 atom stereocenters. The van der Waals surface area contributed by atoms with Crippen LogP contribution in [0.15, 0.2) is 53.1 Å². The predicted octanol–water partition coefficient (Wildman–Crippen LogP) is 4.19. The summed E-state index contributed by atoms with van der Waals surface area (Å²) in [5, 5.41) is 2.83. The minimum Gasteiger partial charge on any atom is -0.484 e. The van der Waals surface area contributed by atoms with Gasteiger partial charge in [-0.3, -0.25) is 9.59 Å². The molecule has 198 valence electrons. The average Bonchev–Trinajstić information content (AvgIpc) is 3.44. The molecule has 1 N–H and O–H groups in total. The highest BCUT2D eigenvalue weighted by atomic mass is 19.1. The molecule has 0 radical (unpaired) electrons. The first-order valence-electron chi connectivity index (χ1n) is 13.2. The largest absolute Gasteiger partial charge is 0.484 e. The van der Waals surface area contributed by atoms with Crippen molar-refractivity contribution in [1.82, 2.24) is 15.2 Å². The maximum atomic E-state index is 14.2. The molecule has 2 aliphatic heterocycles. The molecule has 6 rings (SSSR count). The predicted molar refractivity (Wildman–Crippen MR) is 135 cm³/mol. The second-order valence-corrected chi connectivity index (χ2v) is 10.1. The van der Waals surface area contributed by atoms with Crippen molar-refractivity contribution in [3.8, 4) is 5.75 Å². The van der Waals surface area contributed by atoms with Crippen molar-refractivity contribution in [2.75, 3.05) is 19.7 Å². The minimum absolute atomic E-state index is 0.0349. The Balaban J connectivity index is 1.17. The fourth-order valence-corrected chi connectivity index (χ4v) is 5.25. The fraction of sp³-hybridized carbons (Fsp3) is 0.414. The van der Waals surface area contributed by atoms with Gasteiger partial charge >= 0.3 is 0 Å². The Labute approximate surface area is 220 Å². The number of amides is 2. The van der Waals surface area contributed by atoms with Crippen LogP contribution in [0.1, 0.15) is 64.8 Å². The summed E-state index contributed by atoms with van der Waals surface area (Å²) in [6, 6.07) is 11.8.